The second kappa shape index (κ2) is 4.25. The maximum atomic E-state index is 12.5. The second-order valence-electron chi connectivity index (χ2n) is 3.67. The Morgan fingerprint density at radius 3 is 2.47 bits per heavy atom. The van der Waals surface area contributed by atoms with Gasteiger partial charge in [0.2, 0.25) is 0 Å². The average molecular weight is 241 g/mol. The van der Waals surface area contributed by atoms with Crippen LogP contribution in [0.3, 0.4) is 0 Å². The summed E-state index contributed by atoms with van der Waals surface area (Å²) in [7, 11) is 0. The van der Waals surface area contributed by atoms with Gasteiger partial charge in [0.25, 0.3) is 0 Å². The molecule has 0 aliphatic carbocycles. The van der Waals surface area contributed by atoms with Crippen molar-refractivity contribution in [2.75, 3.05) is 0 Å². The van der Waals surface area contributed by atoms with Crippen LogP contribution in [0.25, 0.3) is 0 Å². The first-order chi connectivity index (χ1) is 7.98. The molecule has 1 unspecified atom stereocenters. The van der Waals surface area contributed by atoms with Gasteiger partial charge in [0, 0.05) is 18.0 Å². The standard InChI is InChI=1S/C12H10F3NO/c13-12(14,15)10-3-1-2-8(6-10)11(17)9-4-5-16-7-9/h1-7,11,16-17H. The third-order valence-corrected chi connectivity index (χ3v) is 2.47. The zero-order valence-electron chi connectivity index (χ0n) is 8.70. The maximum Gasteiger partial charge on any atom is 0.416 e. The van der Waals surface area contributed by atoms with Gasteiger partial charge in [0.15, 0.2) is 0 Å². The number of aromatic amines is 1. The minimum absolute atomic E-state index is 0.222. The molecule has 0 saturated carbocycles. The van der Waals surface area contributed by atoms with E-state index in [-0.39, 0.29) is 5.56 Å². The highest BCUT2D eigenvalue weighted by Crippen LogP contribution is 2.31. The van der Waals surface area contributed by atoms with Crippen molar-refractivity contribution in [2.45, 2.75) is 12.3 Å². The Kier molecular flexibility index (Phi) is 2.93. The average Bonchev–Trinajstić information content (AvgIpc) is 2.80. The first-order valence-corrected chi connectivity index (χ1v) is 4.96. The molecule has 0 aliphatic heterocycles. The fourth-order valence-corrected chi connectivity index (χ4v) is 1.58. The van der Waals surface area contributed by atoms with Crippen LogP contribution in [0.5, 0.6) is 0 Å². The lowest BCUT2D eigenvalue weighted by Crippen LogP contribution is -2.07. The monoisotopic (exact) mass is 241 g/mol. The molecule has 0 fully saturated rings. The van der Waals surface area contributed by atoms with Crippen LogP contribution in [-0.2, 0) is 6.18 Å². The SMILES string of the molecule is OC(c1cc[nH]c1)c1cccc(C(F)(F)F)c1. The molecule has 5 heteroatoms. The quantitative estimate of drug-likeness (QED) is 0.832. The minimum atomic E-state index is -4.39. The minimum Gasteiger partial charge on any atom is -0.384 e. The number of aromatic nitrogens is 1. The van der Waals surface area contributed by atoms with Crippen LogP contribution in [0.1, 0.15) is 22.8 Å². The highest BCUT2D eigenvalue weighted by molar-refractivity contribution is 5.32. The van der Waals surface area contributed by atoms with Gasteiger partial charge in [-0.2, -0.15) is 13.2 Å². The van der Waals surface area contributed by atoms with Gasteiger partial charge in [0.05, 0.1) is 5.56 Å². The van der Waals surface area contributed by atoms with Gasteiger partial charge in [0.1, 0.15) is 6.10 Å². The van der Waals surface area contributed by atoms with E-state index < -0.39 is 17.8 Å². The number of nitrogens with one attached hydrogen (secondary N) is 1. The van der Waals surface area contributed by atoms with Gasteiger partial charge in [-0.05, 0) is 23.8 Å². The largest absolute Gasteiger partial charge is 0.416 e. The van der Waals surface area contributed by atoms with Gasteiger partial charge < -0.3 is 10.1 Å². The molecule has 1 aromatic heterocycles. The molecule has 2 N–H and O–H groups in total. The molecule has 0 radical (unpaired) electrons. The van der Waals surface area contributed by atoms with E-state index in [0.29, 0.717) is 5.56 Å². The summed E-state index contributed by atoms with van der Waals surface area (Å²) in [5, 5.41) is 9.88. The first-order valence-electron chi connectivity index (χ1n) is 4.96. The number of alkyl halides is 3. The predicted molar refractivity (Wildman–Crippen MR) is 56.3 cm³/mol. The Morgan fingerprint density at radius 1 is 1.12 bits per heavy atom. The van der Waals surface area contributed by atoms with E-state index >= 15 is 0 Å². The molecule has 1 atom stereocenters. The molecule has 0 bridgehead atoms. The first kappa shape index (κ1) is 11.7. The summed E-state index contributed by atoms with van der Waals surface area (Å²) in [5.74, 6) is 0. The van der Waals surface area contributed by atoms with Crippen molar-refractivity contribution in [3.8, 4) is 0 Å². The zero-order chi connectivity index (χ0) is 12.5. The van der Waals surface area contributed by atoms with E-state index in [2.05, 4.69) is 4.98 Å². The molecular weight excluding hydrogens is 231 g/mol. The highest BCUT2D eigenvalue weighted by atomic mass is 19.4. The van der Waals surface area contributed by atoms with Crippen LogP contribution in [0.2, 0.25) is 0 Å². The summed E-state index contributed by atoms with van der Waals surface area (Å²) in [6, 6.07) is 6.30. The number of benzene rings is 1. The molecule has 0 spiro atoms. The molecule has 1 heterocycles. The van der Waals surface area contributed by atoms with Crippen molar-refractivity contribution in [3.63, 3.8) is 0 Å². The van der Waals surface area contributed by atoms with E-state index in [1.165, 1.54) is 12.1 Å². The van der Waals surface area contributed by atoms with Gasteiger partial charge in [-0.25, -0.2) is 0 Å². The molecule has 1 aromatic carbocycles. The number of H-pyrrole nitrogens is 1. The third-order valence-electron chi connectivity index (χ3n) is 2.47. The van der Waals surface area contributed by atoms with Crippen molar-refractivity contribution >= 4 is 0 Å². The van der Waals surface area contributed by atoms with Crippen molar-refractivity contribution in [3.05, 3.63) is 59.4 Å². The van der Waals surface area contributed by atoms with Crippen LogP contribution >= 0.6 is 0 Å². The fraction of sp³-hybridized carbons (Fsp3) is 0.167. The van der Waals surface area contributed by atoms with Crippen molar-refractivity contribution in [2.24, 2.45) is 0 Å². The molecule has 2 rings (SSSR count). The smallest absolute Gasteiger partial charge is 0.384 e. The number of hydrogen-bond donors (Lipinski definition) is 2. The Hall–Kier alpha value is -1.75. The van der Waals surface area contributed by atoms with Crippen LogP contribution in [0.4, 0.5) is 13.2 Å². The number of rotatable bonds is 2. The number of hydrogen-bond acceptors (Lipinski definition) is 1. The normalized spacial score (nSPS) is 13.6. The number of aliphatic hydroxyl groups excluding tert-OH is 1. The molecular formula is C12H10F3NO. The van der Waals surface area contributed by atoms with Gasteiger partial charge >= 0.3 is 6.18 Å². The van der Waals surface area contributed by atoms with Crippen molar-refractivity contribution < 1.29 is 18.3 Å². The van der Waals surface area contributed by atoms with E-state index in [1.807, 2.05) is 0 Å². The van der Waals surface area contributed by atoms with Gasteiger partial charge in [-0.3, -0.25) is 0 Å². The summed E-state index contributed by atoms with van der Waals surface area (Å²) in [6.07, 6.45) is -2.30. The summed E-state index contributed by atoms with van der Waals surface area (Å²) in [4.78, 5) is 2.74. The van der Waals surface area contributed by atoms with Crippen LogP contribution in [0.15, 0.2) is 42.7 Å². The lowest BCUT2D eigenvalue weighted by Gasteiger charge is -2.12. The van der Waals surface area contributed by atoms with E-state index in [1.54, 1.807) is 18.5 Å². The van der Waals surface area contributed by atoms with Crippen LogP contribution in [0, 0.1) is 0 Å². The fourth-order valence-electron chi connectivity index (χ4n) is 1.58. The maximum absolute atomic E-state index is 12.5. The zero-order valence-corrected chi connectivity index (χ0v) is 8.70. The third kappa shape index (κ3) is 2.50. The van der Waals surface area contributed by atoms with Crippen LogP contribution < -0.4 is 0 Å². The van der Waals surface area contributed by atoms with Gasteiger partial charge in [-0.1, -0.05) is 12.1 Å². The van der Waals surface area contributed by atoms with Crippen LogP contribution in [-0.4, -0.2) is 10.1 Å². The molecule has 2 aromatic rings. The number of halogens is 3. The van der Waals surface area contributed by atoms with Crippen molar-refractivity contribution in [1.29, 1.82) is 0 Å². The molecule has 0 saturated heterocycles. The van der Waals surface area contributed by atoms with Gasteiger partial charge in [-0.15, -0.1) is 0 Å². The highest BCUT2D eigenvalue weighted by Gasteiger charge is 2.30. The summed E-state index contributed by atoms with van der Waals surface area (Å²) < 4.78 is 37.5. The second-order valence-corrected chi connectivity index (χ2v) is 3.67. The van der Waals surface area contributed by atoms with E-state index in [0.717, 1.165) is 12.1 Å². The lowest BCUT2D eigenvalue weighted by molar-refractivity contribution is -0.137. The van der Waals surface area contributed by atoms with E-state index in [4.69, 9.17) is 0 Å². The summed E-state index contributed by atoms with van der Waals surface area (Å²) >= 11 is 0. The molecule has 90 valence electrons. The Bertz CT molecular complexity index is 491. The predicted octanol–water partition coefficient (Wildman–Crippen LogP) is 3.12. The van der Waals surface area contributed by atoms with Crippen molar-refractivity contribution in [1.82, 2.24) is 4.98 Å². The topological polar surface area (TPSA) is 36.0 Å². The summed E-state index contributed by atoms with van der Waals surface area (Å²) in [6.45, 7) is 0. The molecule has 0 aliphatic rings. The Balaban J connectivity index is 2.34. The van der Waals surface area contributed by atoms with E-state index in [9.17, 15) is 18.3 Å². The Labute approximate surface area is 95.7 Å². The lowest BCUT2D eigenvalue weighted by atomic mass is 10.0. The molecule has 17 heavy (non-hydrogen) atoms. The number of aliphatic hydroxyl groups is 1. The summed E-state index contributed by atoms with van der Waals surface area (Å²) in [5.41, 5.74) is -0.00617. The Morgan fingerprint density at radius 2 is 1.88 bits per heavy atom. The molecule has 2 nitrogen and oxygen atoms in total. The molecule has 0 amide bonds.